The van der Waals surface area contributed by atoms with E-state index in [1.54, 1.807) is 30.0 Å². The molecule has 0 fully saturated rings. The van der Waals surface area contributed by atoms with Crippen LogP contribution in [-0.2, 0) is 0 Å². The SMILES string of the molecule is Fc1ccccc1OCCSc1nc(-c2ccccc2)c(-c2ccccc2)[nH]1. The van der Waals surface area contributed by atoms with Gasteiger partial charge in [-0.1, -0.05) is 84.6 Å². The fourth-order valence-corrected chi connectivity index (χ4v) is 3.58. The third-order valence-corrected chi connectivity index (χ3v) is 5.05. The Balaban J connectivity index is 1.50. The summed E-state index contributed by atoms with van der Waals surface area (Å²) in [6.45, 7) is 0.396. The van der Waals surface area contributed by atoms with Crippen LogP contribution in [0.4, 0.5) is 4.39 Å². The molecule has 0 spiro atoms. The molecule has 0 aliphatic rings. The molecule has 4 aromatic rings. The van der Waals surface area contributed by atoms with E-state index in [0.717, 1.165) is 27.7 Å². The van der Waals surface area contributed by atoms with Gasteiger partial charge in [0.05, 0.1) is 18.0 Å². The van der Waals surface area contributed by atoms with Gasteiger partial charge in [0.15, 0.2) is 16.7 Å². The zero-order chi connectivity index (χ0) is 19.2. The Hall–Kier alpha value is -3.05. The van der Waals surface area contributed by atoms with Crippen LogP contribution < -0.4 is 4.74 Å². The van der Waals surface area contributed by atoms with Crippen molar-refractivity contribution in [2.75, 3.05) is 12.4 Å². The fourth-order valence-electron chi connectivity index (χ4n) is 2.89. The Labute approximate surface area is 167 Å². The second-order valence-electron chi connectivity index (χ2n) is 6.12. The number of aromatic amines is 1. The summed E-state index contributed by atoms with van der Waals surface area (Å²) in [6.07, 6.45) is 0. The quantitative estimate of drug-likeness (QED) is 0.308. The number of halogens is 1. The Morgan fingerprint density at radius 1 is 0.821 bits per heavy atom. The van der Waals surface area contributed by atoms with Crippen molar-refractivity contribution in [1.82, 2.24) is 9.97 Å². The van der Waals surface area contributed by atoms with Gasteiger partial charge in [0, 0.05) is 16.9 Å². The minimum absolute atomic E-state index is 0.275. The molecule has 0 saturated carbocycles. The minimum atomic E-state index is -0.344. The van der Waals surface area contributed by atoms with Gasteiger partial charge in [-0.05, 0) is 12.1 Å². The van der Waals surface area contributed by atoms with Crippen LogP contribution in [0, 0.1) is 5.82 Å². The highest BCUT2D eigenvalue weighted by Crippen LogP contribution is 2.32. The molecule has 0 bridgehead atoms. The summed E-state index contributed by atoms with van der Waals surface area (Å²) >= 11 is 1.56. The van der Waals surface area contributed by atoms with Crippen LogP contribution >= 0.6 is 11.8 Å². The summed E-state index contributed by atoms with van der Waals surface area (Å²) in [7, 11) is 0. The van der Waals surface area contributed by atoms with Crippen molar-refractivity contribution in [3.8, 4) is 28.3 Å². The maximum Gasteiger partial charge on any atom is 0.166 e. The molecule has 0 atom stereocenters. The molecule has 5 heteroatoms. The van der Waals surface area contributed by atoms with Crippen molar-refractivity contribution < 1.29 is 9.13 Å². The van der Waals surface area contributed by atoms with Gasteiger partial charge < -0.3 is 9.72 Å². The van der Waals surface area contributed by atoms with E-state index in [0.29, 0.717) is 12.4 Å². The molecule has 0 aliphatic heterocycles. The molecular formula is C23H19FN2OS. The van der Waals surface area contributed by atoms with Crippen LogP contribution in [0.5, 0.6) is 5.75 Å². The van der Waals surface area contributed by atoms with Gasteiger partial charge in [0.1, 0.15) is 0 Å². The standard InChI is InChI=1S/C23H19FN2OS/c24-19-13-7-8-14-20(19)27-15-16-28-23-25-21(17-9-3-1-4-10-17)22(26-23)18-11-5-2-6-12-18/h1-14H,15-16H2,(H,25,26). The third-order valence-electron chi connectivity index (χ3n) is 4.21. The number of aromatic nitrogens is 2. The van der Waals surface area contributed by atoms with Crippen LogP contribution in [0.15, 0.2) is 90.1 Å². The van der Waals surface area contributed by atoms with Crippen molar-refractivity contribution in [3.05, 3.63) is 90.7 Å². The minimum Gasteiger partial charge on any atom is -0.490 e. The van der Waals surface area contributed by atoms with Crippen molar-refractivity contribution in [3.63, 3.8) is 0 Å². The summed E-state index contributed by atoms with van der Waals surface area (Å²) in [5.41, 5.74) is 4.06. The largest absolute Gasteiger partial charge is 0.490 e. The Kier molecular flexibility index (Phi) is 5.73. The number of thioether (sulfide) groups is 1. The van der Waals surface area contributed by atoms with Crippen molar-refractivity contribution in [1.29, 1.82) is 0 Å². The molecule has 1 N–H and O–H groups in total. The normalized spacial score (nSPS) is 10.8. The summed E-state index contributed by atoms with van der Waals surface area (Å²) < 4.78 is 19.1. The molecule has 1 aromatic heterocycles. The first-order valence-electron chi connectivity index (χ1n) is 9.02. The van der Waals surface area contributed by atoms with E-state index in [1.165, 1.54) is 6.07 Å². The molecule has 3 aromatic carbocycles. The molecule has 0 unspecified atom stereocenters. The van der Waals surface area contributed by atoms with Gasteiger partial charge in [-0.15, -0.1) is 0 Å². The maximum atomic E-state index is 13.6. The van der Waals surface area contributed by atoms with E-state index < -0.39 is 0 Å². The maximum absolute atomic E-state index is 13.6. The van der Waals surface area contributed by atoms with Crippen LogP contribution in [0.3, 0.4) is 0 Å². The summed E-state index contributed by atoms with van der Waals surface area (Å²) in [5, 5.41) is 0.815. The number of para-hydroxylation sites is 1. The smallest absolute Gasteiger partial charge is 0.166 e. The zero-order valence-corrected chi connectivity index (χ0v) is 16.0. The van der Waals surface area contributed by atoms with Crippen molar-refractivity contribution in [2.45, 2.75) is 5.16 Å². The van der Waals surface area contributed by atoms with E-state index in [1.807, 2.05) is 36.4 Å². The predicted molar refractivity (Wildman–Crippen MR) is 112 cm³/mol. The lowest BCUT2D eigenvalue weighted by molar-refractivity contribution is 0.325. The zero-order valence-electron chi connectivity index (χ0n) is 15.1. The highest BCUT2D eigenvalue weighted by molar-refractivity contribution is 7.99. The van der Waals surface area contributed by atoms with Gasteiger partial charge in [0.2, 0.25) is 0 Å². The number of nitrogens with one attached hydrogen (secondary N) is 1. The highest BCUT2D eigenvalue weighted by atomic mass is 32.2. The second kappa shape index (κ2) is 8.76. The topological polar surface area (TPSA) is 37.9 Å². The number of nitrogens with zero attached hydrogens (tertiary/aromatic N) is 1. The summed E-state index contributed by atoms with van der Waals surface area (Å²) in [4.78, 5) is 8.23. The molecule has 1 heterocycles. The Morgan fingerprint density at radius 3 is 2.18 bits per heavy atom. The van der Waals surface area contributed by atoms with Crippen LogP contribution in [0.2, 0.25) is 0 Å². The Bertz CT molecular complexity index is 978. The summed E-state index contributed by atoms with van der Waals surface area (Å²) in [5.74, 6) is 0.588. The first-order chi connectivity index (χ1) is 13.8. The second-order valence-corrected chi connectivity index (χ2v) is 7.21. The molecular weight excluding hydrogens is 371 g/mol. The average molecular weight is 390 g/mol. The number of rotatable bonds is 7. The van der Waals surface area contributed by atoms with Crippen LogP contribution in [0.25, 0.3) is 22.5 Å². The van der Waals surface area contributed by atoms with Crippen molar-refractivity contribution in [2.24, 2.45) is 0 Å². The van der Waals surface area contributed by atoms with Gasteiger partial charge in [-0.25, -0.2) is 9.37 Å². The third kappa shape index (κ3) is 4.26. The molecule has 140 valence electrons. The number of H-pyrrole nitrogens is 1. The Morgan fingerprint density at radius 2 is 1.46 bits per heavy atom. The molecule has 0 aliphatic carbocycles. The first-order valence-corrected chi connectivity index (χ1v) is 10.0. The number of hydrogen-bond acceptors (Lipinski definition) is 3. The molecule has 3 nitrogen and oxygen atoms in total. The molecule has 0 saturated heterocycles. The van der Waals surface area contributed by atoms with E-state index in [4.69, 9.17) is 9.72 Å². The first kappa shape index (κ1) is 18.3. The van der Waals surface area contributed by atoms with E-state index >= 15 is 0 Å². The molecule has 0 amide bonds. The number of hydrogen-bond donors (Lipinski definition) is 1. The lowest BCUT2D eigenvalue weighted by atomic mass is 10.1. The van der Waals surface area contributed by atoms with E-state index in [9.17, 15) is 4.39 Å². The predicted octanol–water partition coefficient (Wildman–Crippen LogP) is 6.05. The lowest BCUT2D eigenvalue weighted by Crippen LogP contribution is -2.01. The molecule has 28 heavy (non-hydrogen) atoms. The summed E-state index contributed by atoms with van der Waals surface area (Å²) in [6, 6.07) is 26.7. The van der Waals surface area contributed by atoms with E-state index in [2.05, 4.69) is 29.2 Å². The molecule has 4 rings (SSSR count). The van der Waals surface area contributed by atoms with Gasteiger partial charge in [0.25, 0.3) is 0 Å². The van der Waals surface area contributed by atoms with E-state index in [-0.39, 0.29) is 11.6 Å². The monoisotopic (exact) mass is 390 g/mol. The number of ether oxygens (including phenoxy) is 1. The molecule has 0 radical (unpaired) electrons. The van der Waals surface area contributed by atoms with Gasteiger partial charge in [-0.3, -0.25) is 0 Å². The van der Waals surface area contributed by atoms with Crippen LogP contribution in [0.1, 0.15) is 0 Å². The van der Waals surface area contributed by atoms with Gasteiger partial charge in [-0.2, -0.15) is 0 Å². The fraction of sp³-hybridized carbons (Fsp3) is 0.0870. The van der Waals surface area contributed by atoms with Crippen molar-refractivity contribution >= 4 is 11.8 Å². The van der Waals surface area contributed by atoms with Gasteiger partial charge >= 0.3 is 0 Å². The van der Waals surface area contributed by atoms with Crippen LogP contribution in [-0.4, -0.2) is 22.3 Å². The number of imidazole rings is 1. The average Bonchev–Trinajstić information content (AvgIpc) is 3.18. The lowest BCUT2D eigenvalue weighted by Gasteiger charge is -2.05. The highest BCUT2D eigenvalue weighted by Gasteiger charge is 2.14. The number of benzene rings is 3.